The number of hydrogen-bond donors (Lipinski definition) is 1. The Labute approximate surface area is 116 Å². The van der Waals surface area contributed by atoms with Crippen LogP contribution in [0.3, 0.4) is 0 Å². The summed E-state index contributed by atoms with van der Waals surface area (Å²) in [4.78, 5) is 17.9. The highest BCUT2D eigenvalue weighted by Gasteiger charge is 2.23. The van der Waals surface area contributed by atoms with Gasteiger partial charge in [-0.15, -0.1) is 11.3 Å². The Morgan fingerprint density at radius 2 is 2.63 bits per heavy atom. The van der Waals surface area contributed by atoms with Crippen LogP contribution in [0.15, 0.2) is 5.38 Å². The van der Waals surface area contributed by atoms with E-state index < -0.39 is 0 Å². The second kappa shape index (κ2) is 6.61. The quantitative estimate of drug-likeness (QED) is 0.815. The molecule has 1 aliphatic rings. The Hall–Kier alpha value is -1.49. The summed E-state index contributed by atoms with van der Waals surface area (Å²) >= 11 is 1.28. The molecule has 7 heteroatoms. The first-order valence-corrected chi connectivity index (χ1v) is 7.08. The minimum absolute atomic E-state index is 0.138. The fourth-order valence-electron chi connectivity index (χ4n) is 1.94. The zero-order valence-corrected chi connectivity index (χ0v) is 11.6. The summed E-state index contributed by atoms with van der Waals surface area (Å²) in [7, 11) is 0. The van der Waals surface area contributed by atoms with E-state index in [0.717, 1.165) is 18.8 Å². The molecule has 1 fully saturated rings. The van der Waals surface area contributed by atoms with Crippen molar-refractivity contribution in [3.05, 3.63) is 16.1 Å². The first-order chi connectivity index (χ1) is 9.24. The molecule has 0 saturated carbocycles. The van der Waals surface area contributed by atoms with Crippen molar-refractivity contribution >= 4 is 17.3 Å². The number of rotatable bonds is 4. The van der Waals surface area contributed by atoms with Crippen LogP contribution in [0.1, 0.15) is 22.4 Å². The Balaban J connectivity index is 1.99. The number of nitrogens with zero attached hydrogens (tertiary/aromatic N) is 3. The van der Waals surface area contributed by atoms with Crippen LogP contribution in [0.5, 0.6) is 0 Å². The fourth-order valence-corrected chi connectivity index (χ4v) is 2.64. The third-order valence-electron chi connectivity index (χ3n) is 2.87. The second-order valence-corrected chi connectivity index (χ2v) is 5.04. The summed E-state index contributed by atoms with van der Waals surface area (Å²) in [6.45, 7) is 5.06. The maximum absolute atomic E-state index is 11.5. The number of nitrogens with one attached hydrogen (secondary N) is 1. The number of nitriles is 1. The lowest BCUT2D eigenvalue weighted by atomic mass is 10.2. The Morgan fingerprint density at radius 1 is 1.79 bits per heavy atom. The second-order valence-electron chi connectivity index (χ2n) is 4.18. The van der Waals surface area contributed by atoms with E-state index in [4.69, 9.17) is 10.00 Å². The standard InChI is InChI=1S/C12H16N4O2S/c1-2-18-12(17)11-15-9(8-19-11)7-16-4-3-14-6-10(16)5-13/h8,10,14H,2-4,6-7H2,1H3. The first kappa shape index (κ1) is 13.9. The number of thiazole rings is 1. The van der Waals surface area contributed by atoms with Gasteiger partial charge >= 0.3 is 5.97 Å². The van der Waals surface area contributed by atoms with Crippen LogP contribution >= 0.6 is 11.3 Å². The average molecular weight is 280 g/mol. The monoisotopic (exact) mass is 280 g/mol. The van der Waals surface area contributed by atoms with E-state index >= 15 is 0 Å². The van der Waals surface area contributed by atoms with Crippen molar-refractivity contribution in [2.24, 2.45) is 0 Å². The molecule has 19 heavy (non-hydrogen) atoms. The summed E-state index contributed by atoms with van der Waals surface area (Å²) in [6, 6.07) is 2.13. The van der Waals surface area contributed by atoms with Crippen molar-refractivity contribution in [3.8, 4) is 6.07 Å². The van der Waals surface area contributed by atoms with Crippen LogP contribution in [0.25, 0.3) is 0 Å². The molecule has 0 spiro atoms. The van der Waals surface area contributed by atoms with E-state index in [0.29, 0.717) is 24.7 Å². The van der Waals surface area contributed by atoms with Crippen molar-refractivity contribution in [2.45, 2.75) is 19.5 Å². The predicted octanol–water partition coefficient (Wildman–Crippen LogP) is 0.617. The number of hydrogen-bond acceptors (Lipinski definition) is 7. The summed E-state index contributed by atoms with van der Waals surface area (Å²) < 4.78 is 4.91. The van der Waals surface area contributed by atoms with Gasteiger partial charge in [0.1, 0.15) is 6.04 Å². The summed E-state index contributed by atoms with van der Waals surface area (Å²) in [6.07, 6.45) is 0. The highest BCUT2D eigenvalue weighted by Crippen LogP contribution is 2.15. The number of aromatic nitrogens is 1. The number of carbonyl (C=O) groups is 1. The molecule has 1 saturated heterocycles. The number of carbonyl (C=O) groups excluding carboxylic acids is 1. The van der Waals surface area contributed by atoms with E-state index in [-0.39, 0.29) is 12.0 Å². The predicted molar refractivity (Wildman–Crippen MR) is 70.8 cm³/mol. The molecule has 0 bridgehead atoms. The van der Waals surface area contributed by atoms with Gasteiger partial charge in [-0.25, -0.2) is 9.78 Å². The molecule has 1 unspecified atom stereocenters. The van der Waals surface area contributed by atoms with Crippen molar-refractivity contribution in [1.29, 1.82) is 5.26 Å². The minimum atomic E-state index is -0.379. The minimum Gasteiger partial charge on any atom is -0.461 e. The number of piperazine rings is 1. The van der Waals surface area contributed by atoms with Gasteiger partial charge < -0.3 is 10.1 Å². The molecule has 2 heterocycles. The maximum atomic E-state index is 11.5. The molecule has 0 amide bonds. The van der Waals surface area contributed by atoms with Crippen molar-refractivity contribution in [2.75, 3.05) is 26.2 Å². The maximum Gasteiger partial charge on any atom is 0.367 e. The molecule has 102 valence electrons. The molecule has 6 nitrogen and oxygen atoms in total. The lowest BCUT2D eigenvalue weighted by molar-refractivity contribution is 0.0525. The molecular formula is C12H16N4O2S. The number of ether oxygens (including phenoxy) is 1. The fraction of sp³-hybridized carbons (Fsp3) is 0.583. The highest BCUT2D eigenvalue weighted by atomic mass is 32.1. The van der Waals surface area contributed by atoms with Crippen molar-refractivity contribution in [3.63, 3.8) is 0 Å². The third kappa shape index (κ3) is 3.50. The first-order valence-electron chi connectivity index (χ1n) is 6.20. The van der Waals surface area contributed by atoms with Gasteiger partial charge in [-0.2, -0.15) is 5.26 Å². The molecule has 1 atom stereocenters. The van der Waals surface area contributed by atoms with Gasteiger partial charge in [-0.3, -0.25) is 4.90 Å². The number of esters is 1. The van der Waals surface area contributed by atoms with Crippen LogP contribution < -0.4 is 5.32 Å². The lowest BCUT2D eigenvalue weighted by Crippen LogP contribution is -2.50. The Bertz CT molecular complexity index is 482. The Morgan fingerprint density at radius 3 is 3.37 bits per heavy atom. The lowest BCUT2D eigenvalue weighted by Gasteiger charge is -2.31. The summed E-state index contributed by atoms with van der Waals surface area (Å²) in [5, 5.41) is 14.5. The molecular weight excluding hydrogens is 264 g/mol. The van der Waals surface area contributed by atoms with E-state index in [1.54, 1.807) is 6.92 Å². The average Bonchev–Trinajstić information content (AvgIpc) is 2.88. The molecule has 2 rings (SSSR count). The zero-order chi connectivity index (χ0) is 13.7. The summed E-state index contributed by atoms with van der Waals surface area (Å²) in [5.41, 5.74) is 0.815. The molecule has 0 aliphatic carbocycles. The molecule has 0 aromatic carbocycles. The van der Waals surface area contributed by atoms with Gasteiger partial charge in [0.15, 0.2) is 0 Å². The van der Waals surface area contributed by atoms with Gasteiger partial charge in [-0.05, 0) is 6.92 Å². The van der Waals surface area contributed by atoms with Crippen molar-refractivity contribution in [1.82, 2.24) is 15.2 Å². The van der Waals surface area contributed by atoms with E-state index in [1.165, 1.54) is 11.3 Å². The third-order valence-corrected chi connectivity index (χ3v) is 3.74. The Kier molecular flexibility index (Phi) is 4.85. The summed E-state index contributed by atoms with van der Waals surface area (Å²) in [5.74, 6) is -0.379. The molecule has 1 N–H and O–H groups in total. The van der Waals surface area contributed by atoms with Crippen LogP contribution in [0.2, 0.25) is 0 Å². The normalized spacial score (nSPS) is 19.9. The van der Waals surface area contributed by atoms with Crippen LogP contribution in [-0.4, -0.2) is 48.1 Å². The zero-order valence-electron chi connectivity index (χ0n) is 10.8. The topological polar surface area (TPSA) is 78.2 Å². The molecule has 1 aromatic heterocycles. The molecule has 0 radical (unpaired) electrons. The van der Waals surface area contributed by atoms with Gasteiger partial charge in [0.05, 0.1) is 18.4 Å². The molecule has 1 aliphatic heterocycles. The van der Waals surface area contributed by atoms with Gasteiger partial charge in [-0.1, -0.05) is 0 Å². The van der Waals surface area contributed by atoms with Crippen LogP contribution in [0.4, 0.5) is 0 Å². The smallest absolute Gasteiger partial charge is 0.367 e. The largest absolute Gasteiger partial charge is 0.461 e. The highest BCUT2D eigenvalue weighted by molar-refractivity contribution is 7.11. The van der Waals surface area contributed by atoms with Gasteiger partial charge in [0.25, 0.3) is 0 Å². The van der Waals surface area contributed by atoms with E-state index in [1.807, 2.05) is 5.38 Å². The van der Waals surface area contributed by atoms with Crippen LogP contribution in [-0.2, 0) is 11.3 Å². The molecule has 1 aromatic rings. The van der Waals surface area contributed by atoms with E-state index in [9.17, 15) is 4.79 Å². The van der Waals surface area contributed by atoms with E-state index in [2.05, 4.69) is 21.3 Å². The van der Waals surface area contributed by atoms with Gasteiger partial charge in [0, 0.05) is 31.6 Å². The van der Waals surface area contributed by atoms with Gasteiger partial charge in [0.2, 0.25) is 5.01 Å². The van der Waals surface area contributed by atoms with Crippen molar-refractivity contribution < 1.29 is 9.53 Å². The SMILES string of the molecule is CCOC(=O)c1nc(CN2CCNCC2C#N)cs1. The van der Waals surface area contributed by atoms with Crippen LogP contribution in [0, 0.1) is 11.3 Å².